The highest BCUT2D eigenvalue weighted by Gasteiger charge is 2.32. The average Bonchev–Trinajstić information content (AvgIpc) is 3.61. The summed E-state index contributed by atoms with van der Waals surface area (Å²) in [5.41, 5.74) is 3.05. The van der Waals surface area contributed by atoms with E-state index in [2.05, 4.69) is 20.9 Å². The van der Waals surface area contributed by atoms with Gasteiger partial charge in [-0.3, -0.25) is 9.59 Å². The molecule has 5 N–H and O–H groups in total. The van der Waals surface area contributed by atoms with Crippen LogP contribution < -0.4 is 25.4 Å². The summed E-state index contributed by atoms with van der Waals surface area (Å²) >= 11 is 0. The zero-order valence-electron chi connectivity index (χ0n) is 25.9. The molecule has 0 spiro atoms. The molecule has 5 aromatic rings. The SMILES string of the molecule is Cc1ccc(N(C=C2C(=O)Nc3cc(Nc4cccc(NC(=O)c5cc(-n6cnc(C)c6)cc(C(F)(F)F)c5)c4)ccc32)S(N)(=O)=O)cc1. The molecular weight excluding hydrogens is 659 g/mol. The Labute approximate surface area is 279 Å². The fourth-order valence-corrected chi connectivity index (χ4v) is 5.83. The van der Waals surface area contributed by atoms with Gasteiger partial charge < -0.3 is 20.5 Å². The number of nitrogens with zero attached hydrogens (tertiary/aromatic N) is 3. The largest absolute Gasteiger partial charge is 0.416 e. The summed E-state index contributed by atoms with van der Waals surface area (Å²) < 4.78 is 68.2. The number of amides is 2. The lowest BCUT2D eigenvalue weighted by Crippen LogP contribution is -2.33. The van der Waals surface area contributed by atoms with Crippen LogP contribution in [0.2, 0.25) is 0 Å². The van der Waals surface area contributed by atoms with Crippen LogP contribution in [0.3, 0.4) is 0 Å². The number of nitrogens with two attached hydrogens (primary N) is 1. The number of anilines is 5. The van der Waals surface area contributed by atoms with Crippen LogP contribution in [0, 0.1) is 13.8 Å². The second-order valence-corrected chi connectivity index (χ2v) is 12.7. The standard InChI is InChI=1S/C34H28F3N7O4S/c1-20-6-9-27(10-7-20)44(49(38,47)48)18-30-29-11-8-26(16-31(29)42-33(30)46)40-24-4-3-5-25(15-24)41-32(45)22-12-23(34(35,36)37)14-28(13-22)43-17-21(2)39-19-43/h3-19,40H,1-2H3,(H,41,45)(H,42,46)(H2,38,47,48). The van der Waals surface area contributed by atoms with Crippen LogP contribution in [0.25, 0.3) is 11.3 Å². The van der Waals surface area contributed by atoms with Crippen molar-refractivity contribution in [1.82, 2.24) is 9.55 Å². The minimum absolute atomic E-state index is 0.0850. The van der Waals surface area contributed by atoms with Gasteiger partial charge in [0.2, 0.25) is 0 Å². The summed E-state index contributed by atoms with van der Waals surface area (Å²) in [5, 5.41) is 14.0. The topological polar surface area (TPSA) is 151 Å². The summed E-state index contributed by atoms with van der Waals surface area (Å²) in [5.74, 6) is -1.28. The van der Waals surface area contributed by atoms with Crippen molar-refractivity contribution in [1.29, 1.82) is 0 Å². The van der Waals surface area contributed by atoms with E-state index in [0.29, 0.717) is 34.0 Å². The Hall–Kier alpha value is -5.93. The van der Waals surface area contributed by atoms with E-state index in [9.17, 15) is 31.2 Å². The van der Waals surface area contributed by atoms with Gasteiger partial charge in [-0.1, -0.05) is 23.8 Å². The first-order valence-corrected chi connectivity index (χ1v) is 16.1. The maximum atomic E-state index is 13.7. The smallest absolute Gasteiger partial charge is 0.355 e. The minimum atomic E-state index is -4.68. The van der Waals surface area contributed by atoms with E-state index in [0.717, 1.165) is 22.0 Å². The van der Waals surface area contributed by atoms with Crippen LogP contribution in [-0.4, -0.2) is 29.8 Å². The van der Waals surface area contributed by atoms with Crippen LogP contribution in [0.1, 0.15) is 32.7 Å². The first-order valence-electron chi connectivity index (χ1n) is 14.6. The maximum Gasteiger partial charge on any atom is 0.416 e. The highest BCUT2D eigenvalue weighted by atomic mass is 32.2. The van der Waals surface area contributed by atoms with Crippen molar-refractivity contribution >= 4 is 56.0 Å². The van der Waals surface area contributed by atoms with Gasteiger partial charge in [-0.15, -0.1) is 0 Å². The molecule has 1 aliphatic heterocycles. The molecule has 2 amide bonds. The van der Waals surface area contributed by atoms with E-state index in [4.69, 9.17) is 5.14 Å². The van der Waals surface area contributed by atoms with Crippen molar-refractivity contribution in [3.05, 3.63) is 132 Å². The number of carbonyl (C=O) groups excluding carboxylic acids is 2. The lowest BCUT2D eigenvalue weighted by atomic mass is 10.1. The number of rotatable bonds is 8. The molecule has 49 heavy (non-hydrogen) atoms. The molecule has 0 aliphatic carbocycles. The third-order valence-electron chi connectivity index (χ3n) is 7.54. The van der Waals surface area contributed by atoms with E-state index in [1.54, 1.807) is 79.9 Å². The maximum absolute atomic E-state index is 13.7. The van der Waals surface area contributed by atoms with E-state index < -0.39 is 33.8 Å². The Morgan fingerprint density at radius 1 is 0.959 bits per heavy atom. The van der Waals surface area contributed by atoms with Crippen LogP contribution in [0.15, 0.2) is 104 Å². The molecule has 0 saturated heterocycles. The molecule has 15 heteroatoms. The second kappa shape index (κ2) is 12.6. The van der Waals surface area contributed by atoms with E-state index >= 15 is 0 Å². The van der Waals surface area contributed by atoms with Crippen molar-refractivity contribution in [2.45, 2.75) is 20.0 Å². The molecule has 4 aromatic carbocycles. The number of carbonyl (C=O) groups is 2. The van der Waals surface area contributed by atoms with Crippen molar-refractivity contribution < 1.29 is 31.2 Å². The third kappa shape index (κ3) is 7.32. The minimum Gasteiger partial charge on any atom is -0.355 e. The normalized spacial score (nSPS) is 13.6. The molecule has 0 unspecified atom stereocenters. The van der Waals surface area contributed by atoms with E-state index in [-0.39, 0.29) is 22.5 Å². The first kappa shape index (κ1) is 33.0. The summed E-state index contributed by atoms with van der Waals surface area (Å²) in [6.45, 7) is 3.55. The third-order valence-corrected chi connectivity index (χ3v) is 8.40. The molecule has 2 heterocycles. The fourth-order valence-electron chi connectivity index (χ4n) is 5.17. The predicted octanol–water partition coefficient (Wildman–Crippen LogP) is 6.51. The fraction of sp³-hybridized carbons (Fsp3) is 0.0882. The molecule has 6 rings (SSSR count). The second-order valence-electron chi connectivity index (χ2n) is 11.3. The number of halogens is 3. The quantitative estimate of drug-likeness (QED) is 0.137. The highest BCUT2D eigenvalue weighted by Crippen LogP contribution is 2.36. The van der Waals surface area contributed by atoms with Crippen molar-refractivity contribution in [2.24, 2.45) is 5.14 Å². The Morgan fingerprint density at radius 2 is 1.67 bits per heavy atom. The van der Waals surface area contributed by atoms with Gasteiger partial charge in [0.1, 0.15) is 0 Å². The van der Waals surface area contributed by atoms with Gasteiger partial charge >= 0.3 is 16.4 Å². The number of aryl methyl sites for hydroxylation is 2. The number of benzene rings is 4. The Bertz CT molecular complexity index is 2250. The van der Waals surface area contributed by atoms with Crippen LogP contribution >= 0.6 is 0 Å². The summed E-state index contributed by atoms with van der Waals surface area (Å²) in [7, 11) is -4.27. The summed E-state index contributed by atoms with van der Waals surface area (Å²) in [4.78, 5) is 30.1. The molecule has 0 radical (unpaired) electrons. The Morgan fingerprint density at radius 3 is 2.35 bits per heavy atom. The number of alkyl halides is 3. The number of hydrogen-bond donors (Lipinski definition) is 4. The molecule has 250 valence electrons. The number of aromatic nitrogens is 2. The number of imidazole rings is 1. The zero-order chi connectivity index (χ0) is 35.1. The molecule has 0 saturated carbocycles. The first-order chi connectivity index (χ1) is 23.1. The van der Waals surface area contributed by atoms with Crippen LogP contribution in [0.5, 0.6) is 0 Å². The zero-order valence-corrected chi connectivity index (χ0v) is 26.7. The van der Waals surface area contributed by atoms with Gasteiger partial charge in [0.15, 0.2) is 0 Å². The van der Waals surface area contributed by atoms with Crippen molar-refractivity contribution in [3.8, 4) is 5.69 Å². The molecule has 1 aliphatic rings. The number of hydrogen-bond acceptors (Lipinski definition) is 6. The molecular formula is C34H28F3N7O4S. The average molecular weight is 688 g/mol. The van der Waals surface area contributed by atoms with Crippen LogP contribution in [0.4, 0.5) is 41.6 Å². The molecule has 0 bridgehead atoms. The lowest BCUT2D eigenvalue weighted by Gasteiger charge is -2.18. The highest BCUT2D eigenvalue weighted by molar-refractivity contribution is 7.90. The monoisotopic (exact) mass is 687 g/mol. The Kier molecular flexibility index (Phi) is 8.48. The van der Waals surface area contributed by atoms with Crippen molar-refractivity contribution in [3.63, 3.8) is 0 Å². The number of fused-ring (bicyclic) bond motifs is 1. The van der Waals surface area contributed by atoms with Gasteiger partial charge in [0.05, 0.1) is 34.5 Å². The van der Waals surface area contributed by atoms with Gasteiger partial charge in [0, 0.05) is 46.3 Å². The molecule has 0 atom stereocenters. The Balaban J connectivity index is 1.22. The van der Waals surface area contributed by atoms with Gasteiger partial charge in [-0.25, -0.2) is 14.4 Å². The molecule has 1 aromatic heterocycles. The lowest BCUT2D eigenvalue weighted by molar-refractivity contribution is -0.137. The predicted molar refractivity (Wildman–Crippen MR) is 181 cm³/mol. The van der Waals surface area contributed by atoms with Crippen LogP contribution in [-0.2, 0) is 21.2 Å². The van der Waals surface area contributed by atoms with Gasteiger partial charge in [-0.2, -0.15) is 21.6 Å². The van der Waals surface area contributed by atoms with Crippen molar-refractivity contribution in [2.75, 3.05) is 20.3 Å². The van der Waals surface area contributed by atoms with Gasteiger partial charge in [-0.05, 0) is 80.6 Å². The summed E-state index contributed by atoms with van der Waals surface area (Å²) in [6, 6.07) is 21.2. The number of nitrogens with one attached hydrogen (secondary N) is 3. The summed E-state index contributed by atoms with van der Waals surface area (Å²) in [6.07, 6.45) is -0.588. The molecule has 11 nitrogen and oxygen atoms in total. The van der Waals surface area contributed by atoms with E-state index in [1.165, 1.54) is 23.2 Å². The van der Waals surface area contributed by atoms with Gasteiger partial charge in [0.25, 0.3) is 11.8 Å². The van der Waals surface area contributed by atoms with E-state index in [1.807, 2.05) is 6.92 Å². The molecule has 0 fully saturated rings.